The summed E-state index contributed by atoms with van der Waals surface area (Å²) in [5, 5.41) is 0. The molecular weight excluding hydrogens is 353 g/mol. The molecule has 138 valence electrons. The second-order valence-corrected chi connectivity index (χ2v) is 7.37. The van der Waals surface area contributed by atoms with Gasteiger partial charge in [-0.05, 0) is 29.4 Å². The lowest BCUT2D eigenvalue weighted by atomic mass is 9.73. The number of alkyl halides is 3. The molecule has 2 rings (SSSR count). The zero-order chi connectivity index (χ0) is 18.5. The fourth-order valence-corrected chi connectivity index (χ4v) is 3.21. The van der Waals surface area contributed by atoms with Crippen molar-refractivity contribution in [3.8, 4) is 0 Å². The van der Waals surface area contributed by atoms with E-state index in [9.17, 15) is 18.0 Å². The van der Waals surface area contributed by atoms with Crippen LogP contribution in [0.2, 0.25) is 0 Å². The summed E-state index contributed by atoms with van der Waals surface area (Å²) in [6, 6.07) is 9.23. The van der Waals surface area contributed by atoms with Gasteiger partial charge < -0.3 is 8.92 Å². The molecule has 1 aliphatic rings. The minimum Gasteiger partial charge on any atom is -0.461 e. The Morgan fingerprint density at radius 1 is 1.24 bits per heavy atom. The SMILES string of the molecule is CC1(C)CCCC(OSC(F)(F)F)=C1CC(=O)OCc1ccccc1. The van der Waals surface area contributed by atoms with E-state index in [1.54, 1.807) is 0 Å². The number of carbonyl (C=O) groups is 1. The zero-order valence-electron chi connectivity index (χ0n) is 14.2. The molecule has 3 nitrogen and oxygen atoms in total. The highest BCUT2D eigenvalue weighted by Crippen LogP contribution is 2.45. The van der Waals surface area contributed by atoms with E-state index >= 15 is 0 Å². The molecule has 1 aromatic rings. The number of hydrogen-bond donors (Lipinski definition) is 0. The van der Waals surface area contributed by atoms with Crippen LogP contribution in [0.1, 0.15) is 45.1 Å². The Labute approximate surface area is 149 Å². The van der Waals surface area contributed by atoms with Crippen molar-refractivity contribution >= 4 is 18.0 Å². The molecule has 0 aromatic heterocycles. The molecule has 25 heavy (non-hydrogen) atoms. The van der Waals surface area contributed by atoms with E-state index in [4.69, 9.17) is 8.92 Å². The maximum Gasteiger partial charge on any atom is 0.479 e. The van der Waals surface area contributed by atoms with Crippen molar-refractivity contribution in [3.63, 3.8) is 0 Å². The highest BCUT2D eigenvalue weighted by molar-refractivity contribution is 7.95. The maximum atomic E-state index is 12.4. The summed E-state index contributed by atoms with van der Waals surface area (Å²) in [4.78, 5) is 12.2. The van der Waals surface area contributed by atoms with Crippen molar-refractivity contribution < 1.29 is 26.9 Å². The Kier molecular flexibility index (Phi) is 6.43. The topological polar surface area (TPSA) is 35.5 Å². The van der Waals surface area contributed by atoms with E-state index < -0.39 is 28.9 Å². The van der Waals surface area contributed by atoms with E-state index in [0.717, 1.165) is 18.4 Å². The zero-order valence-corrected chi connectivity index (χ0v) is 15.0. The lowest BCUT2D eigenvalue weighted by Gasteiger charge is -2.34. The molecule has 0 unspecified atom stereocenters. The van der Waals surface area contributed by atoms with Gasteiger partial charge in [-0.25, -0.2) is 0 Å². The molecule has 7 heteroatoms. The second-order valence-electron chi connectivity index (χ2n) is 6.57. The molecule has 0 atom stereocenters. The number of carbonyl (C=O) groups excluding carboxylic acids is 1. The highest BCUT2D eigenvalue weighted by Gasteiger charge is 2.36. The molecule has 0 radical (unpaired) electrons. The normalized spacial score (nSPS) is 17.3. The Morgan fingerprint density at radius 3 is 2.56 bits per heavy atom. The van der Waals surface area contributed by atoms with Gasteiger partial charge >= 0.3 is 11.5 Å². The van der Waals surface area contributed by atoms with Gasteiger partial charge in [0.05, 0.1) is 6.42 Å². The van der Waals surface area contributed by atoms with Crippen LogP contribution >= 0.6 is 12.0 Å². The Hall–Kier alpha value is -1.63. The number of benzene rings is 1. The number of ether oxygens (including phenoxy) is 1. The first-order valence-corrected chi connectivity index (χ1v) is 8.76. The number of rotatable bonds is 6. The van der Waals surface area contributed by atoms with Crippen molar-refractivity contribution in [1.29, 1.82) is 0 Å². The third-order valence-corrected chi connectivity index (χ3v) is 4.63. The third-order valence-electron chi connectivity index (χ3n) is 4.16. The second kappa shape index (κ2) is 8.17. The number of allylic oxidation sites excluding steroid dienone is 1. The van der Waals surface area contributed by atoms with Crippen LogP contribution in [0.3, 0.4) is 0 Å². The summed E-state index contributed by atoms with van der Waals surface area (Å²) in [5.41, 5.74) is -3.43. The summed E-state index contributed by atoms with van der Waals surface area (Å²) in [6.07, 6.45) is 1.85. The van der Waals surface area contributed by atoms with E-state index in [0.29, 0.717) is 12.0 Å². The van der Waals surface area contributed by atoms with Crippen LogP contribution in [0.5, 0.6) is 0 Å². The van der Waals surface area contributed by atoms with Crippen LogP contribution < -0.4 is 0 Å². The van der Waals surface area contributed by atoms with Gasteiger partial charge in [0.2, 0.25) is 0 Å². The average Bonchev–Trinajstić information content (AvgIpc) is 2.53. The van der Waals surface area contributed by atoms with Crippen molar-refractivity contribution in [2.45, 2.75) is 51.6 Å². The van der Waals surface area contributed by atoms with Gasteiger partial charge in [0.25, 0.3) is 0 Å². The van der Waals surface area contributed by atoms with Crippen LogP contribution in [-0.2, 0) is 20.3 Å². The average molecular weight is 374 g/mol. The van der Waals surface area contributed by atoms with Crippen LogP contribution in [-0.4, -0.2) is 11.5 Å². The van der Waals surface area contributed by atoms with Crippen molar-refractivity contribution in [3.05, 3.63) is 47.2 Å². The predicted octanol–water partition coefficient (Wildman–Crippen LogP) is 5.77. The Bertz CT molecular complexity index is 624. The van der Waals surface area contributed by atoms with Crippen molar-refractivity contribution in [2.24, 2.45) is 5.41 Å². The van der Waals surface area contributed by atoms with E-state index in [1.807, 2.05) is 44.2 Å². The summed E-state index contributed by atoms with van der Waals surface area (Å²) in [7, 11) is 0. The fourth-order valence-electron chi connectivity index (χ4n) is 2.83. The standard InChI is InChI=1S/C18H21F3O3S/c1-17(2)10-6-9-15(24-25-18(19,20)21)14(17)11-16(22)23-12-13-7-4-3-5-8-13/h3-5,7-8H,6,9-12H2,1-2H3. The molecule has 0 spiro atoms. The van der Waals surface area contributed by atoms with E-state index in [2.05, 4.69) is 0 Å². The number of hydrogen-bond acceptors (Lipinski definition) is 4. The number of halogens is 3. The molecule has 0 N–H and O–H groups in total. The fraction of sp³-hybridized carbons (Fsp3) is 0.500. The Morgan fingerprint density at radius 2 is 1.92 bits per heavy atom. The monoisotopic (exact) mass is 374 g/mol. The minimum atomic E-state index is -4.48. The first-order valence-electron chi connectivity index (χ1n) is 8.02. The molecule has 0 bridgehead atoms. The summed E-state index contributed by atoms with van der Waals surface area (Å²) >= 11 is -0.528. The lowest BCUT2D eigenvalue weighted by Crippen LogP contribution is -2.24. The first kappa shape index (κ1) is 19.7. The molecule has 0 saturated carbocycles. The molecule has 0 aliphatic heterocycles. The molecule has 0 saturated heterocycles. The third kappa shape index (κ3) is 6.30. The van der Waals surface area contributed by atoms with Gasteiger partial charge in [0, 0.05) is 6.42 Å². The summed E-state index contributed by atoms with van der Waals surface area (Å²) < 4.78 is 47.5. The smallest absolute Gasteiger partial charge is 0.461 e. The van der Waals surface area contributed by atoms with Crippen molar-refractivity contribution in [2.75, 3.05) is 0 Å². The van der Waals surface area contributed by atoms with Crippen molar-refractivity contribution in [1.82, 2.24) is 0 Å². The Balaban J connectivity index is 2.04. The van der Waals surface area contributed by atoms with Gasteiger partial charge in [0.15, 0.2) is 12.0 Å². The van der Waals surface area contributed by atoms with Crippen LogP contribution in [0.25, 0.3) is 0 Å². The molecule has 1 aliphatic carbocycles. The molecule has 0 heterocycles. The van der Waals surface area contributed by atoms with Crippen LogP contribution in [0, 0.1) is 5.41 Å². The van der Waals surface area contributed by atoms with Crippen LogP contribution in [0.15, 0.2) is 41.7 Å². The summed E-state index contributed by atoms with van der Waals surface area (Å²) in [5.74, 6) is -0.220. The van der Waals surface area contributed by atoms with Gasteiger partial charge in [-0.15, -0.1) is 0 Å². The molecule has 1 aromatic carbocycles. The highest BCUT2D eigenvalue weighted by atomic mass is 32.2. The predicted molar refractivity (Wildman–Crippen MR) is 90.2 cm³/mol. The van der Waals surface area contributed by atoms with E-state index in [1.165, 1.54) is 0 Å². The van der Waals surface area contributed by atoms with E-state index in [-0.39, 0.29) is 18.8 Å². The minimum absolute atomic E-state index is 0.0619. The molecular formula is C18H21F3O3S. The molecule has 0 fully saturated rings. The number of esters is 1. The first-order chi connectivity index (χ1) is 11.7. The van der Waals surface area contributed by atoms with Gasteiger partial charge in [-0.2, -0.15) is 13.2 Å². The van der Waals surface area contributed by atoms with Gasteiger partial charge in [-0.3, -0.25) is 4.79 Å². The van der Waals surface area contributed by atoms with Gasteiger partial charge in [0.1, 0.15) is 12.4 Å². The molecule has 0 amide bonds. The quantitative estimate of drug-likeness (QED) is 0.468. The maximum absolute atomic E-state index is 12.4. The lowest BCUT2D eigenvalue weighted by molar-refractivity contribution is -0.144. The summed E-state index contributed by atoms with van der Waals surface area (Å²) in [6.45, 7) is 3.96. The van der Waals surface area contributed by atoms with Crippen LogP contribution in [0.4, 0.5) is 13.2 Å². The van der Waals surface area contributed by atoms with Gasteiger partial charge in [-0.1, -0.05) is 44.2 Å². The largest absolute Gasteiger partial charge is 0.479 e.